The van der Waals surface area contributed by atoms with Crippen molar-refractivity contribution in [2.75, 3.05) is 57.4 Å². The average molecular weight is 698 g/mol. The summed E-state index contributed by atoms with van der Waals surface area (Å²) in [5.74, 6) is 1.13. The van der Waals surface area contributed by atoms with Gasteiger partial charge in [0.1, 0.15) is 41.2 Å². The number of nitrogens with zero attached hydrogens (tertiary/aromatic N) is 7. The molecule has 1 unspecified atom stereocenters. The second-order valence-electron chi connectivity index (χ2n) is 14.0. The minimum absolute atomic E-state index is 0.0202. The summed E-state index contributed by atoms with van der Waals surface area (Å²) >= 11 is 0. The zero-order valence-corrected chi connectivity index (χ0v) is 27.8. The van der Waals surface area contributed by atoms with Crippen LogP contribution in [0.25, 0.3) is 43.7 Å². The van der Waals surface area contributed by atoms with Crippen LogP contribution >= 0.6 is 0 Å². The molecule has 0 spiro atoms. The third-order valence-electron chi connectivity index (χ3n) is 10.8. The number of phenols is 1. The van der Waals surface area contributed by atoms with Gasteiger partial charge in [-0.05, 0) is 48.5 Å². The summed E-state index contributed by atoms with van der Waals surface area (Å²) in [7, 11) is 1.70. The number of carbonyl (C=O) groups is 1. The lowest BCUT2D eigenvalue weighted by atomic mass is 9.91. The Labute approximate surface area is 290 Å². The number of benzene rings is 3. The van der Waals surface area contributed by atoms with Crippen molar-refractivity contribution in [2.45, 2.75) is 37.1 Å². The average Bonchev–Trinajstić information content (AvgIpc) is 3.69. The van der Waals surface area contributed by atoms with Crippen LogP contribution in [0.15, 0.2) is 30.5 Å². The van der Waals surface area contributed by atoms with Gasteiger partial charge in [-0.15, -0.1) is 6.42 Å². The molecule has 0 aliphatic carbocycles. The molecular weight excluding hydrogens is 663 g/mol. The van der Waals surface area contributed by atoms with Gasteiger partial charge >= 0.3 is 6.01 Å². The van der Waals surface area contributed by atoms with Crippen molar-refractivity contribution in [3.8, 4) is 35.2 Å². The lowest BCUT2D eigenvalue weighted by molar-refractivity contribution is -0.132. The maximum atomic E-state index is 17.5. The lowest BCUT2D eigenvalue weighted by Gasteiger charge is -2.36. The number of terminal acetylenes is 1. The van der Waals surface area contributed by atoms with E-state index in [0.717, 1.165) is 19.4 Å². The molecule has 5 aromatic rings. The van der Waals surface area contributed by atoms with Crippen LogP contribution in [-0.4, -0.2) is 111 Å². The van der Waals surface area contributed by atoms with Gasteiger partial charge in [0.2, 0.25) is 0 Å². The van der Waals surface area contributed by atoms with E-state index in [2.05, 4.69) is 20.9 Å². The molecule has 4 fully saturated rings. The first kappa shape index (κ1) is 31.8. The van der Waals surface area contributed by atoms with Gasteiger partial charge in [-0.3, -0.25) is 14.4 Å². The van der Waals surface area contributed by atoms with E-state index < -0.39 is 29.4 Å². The lowest BCUT2D eigenvalue weighted by Crippen LogP contribution is -2.50. The van der Waals surface area contributed by atoms with Gasteiger partial charge in [0.25, 0.3) is 5.91 Å². The second-order valence-corrected chi connectivity index (χ2v) is 14.0. The van der Waals surface area contributed by atoms with Crippen molar-refractivity contribution in [1.82, 2.24) is 29.5 Å². The van der Waals surface area contributed by atoms with Crippen LogP contribution in [0.5, 0.6) is 11.8 Å². The van der Waals surface area contributed by atoms with Gasteiger partial charge in [0.15, 0.2) is 11.9 Å². The smallest absolute Gasteiger partial charge is 0.319 e. The Morgan fingerprint density at radius 1 is 1.14 bits per heavy atom. The number of rotatable bonds is 6. The Hall–Kier alpha value is -5.13. The standard InChI is InChI=1S/C37H34F3N7O4/c1-3-23-26(39)6-5-20-13-22(48)14-24(28(20)23)29-31(40)33-30(25-17-44(2)43-32(25)29)34(45-9-11-46(12-10-45)35(49)27-18-50-27)42-36(41-33)51-19-37-7-4-8-47(37)16-21(38)15-37/h1,5-6,13-14,17,21,27,48H,4,7-12,15-16,18-19H2,2H3/t21-,27?,37+/m1/s1. The van der Waals surface area contributed by atoms with Gasteiger partial charge in [0.05, 0.1) is 23.1 Å². The molecular formula is C37H34F3N7O4. The maximum Gasteiger partial charge on any atom is 0.319 e. The number of ether oxygens (including phenoxy) is 2. The quantitative estimate of drug-likeness (QED) is 0.205. The molecule has 1 amide bonds. The number of phenolic OH excluding ortho intramolecular Hbond substituents is 1. The van der Waals surface area contributed by atoms with Crippen molar-refractivity contribution in [1.29, 1.82) is 0 Å². The van der Waals surface area contributed by atoms with Gasteiger partial charge in [-0.25, -0.2) is 13.2 Å². The fourth-order valence-electron chi connectivity index (χ4n) is 8.40. The van der Waals surface area contributed by atoms with E-state index in [1.165, 1.54) is 24.3 Å². The summed E-state index contributed by atoms with van der Waals surface area (Å²) in [6, 6.07) is 5.40. The monoisotopic (exact) mass is 697 g/mol. The molecule has 4 aliphatic rings. The number of carbonyl (C=O) groups excluding carboxylic acids is 1. The third-order valence-corrected chi connectivity index (χ3v) is 10.8. The van der Waals surface area contributed by atoms with E-state index >= 15 is 8.78 Å². The van der Waals surface area contributed by atoms with Crippen LogP contribution < -0.4 is 9.64 Å². The Kier molecular flexibility index (Phi) is 7.31. The number of anilines is 1. The third kappa shape index (κ3) is 5.12. The molecule has 3 aromatic carbocycles. The molecule has 14 heteroatoms. The van der Waals surface area contributed by atoms with Crippen LogP contribution in [0, 0.1) is 24.0 Å². The highest BCUT2D eigenvalue weighted by Crippen LogP contribution is 2.45. The first-order chi connectivity index (χ1) is 24.6. The predicted molar refractivity (Wildman–Crippen MR) is 183 cm³/mol. The van der Waals surface area contributed by atoms with Crippen LogP contribution in [0.3, 0.4) is 0 Å². The van der Waals surface area contributed by atoms with E-state index in [9.17, 15) is 14.3 Å². The molecule has 9 rings (SSSR count). The summed E-state index contributed by atoms with van der Waals surface area (Å²) in [5, 5.41) is 17.0. The van der Waals surface area contributed by atoms with E-state index in [4.69, 9.17) is 20.9 Å². The van der Waals surface area contributed by atoms with Crippen LogP contribution in [0.1, 0.15) is 24.8 Å². The summed E-state index contributed by atoms with van der Waals surface area (Å²) in [6.07, 6.45) is 8.18. The fraction of sp³-hybridized carbons (Fsp3) is 0.405. The molecule has 4 saturated heterocycles. The number of aryl methyl sites for hydroxylation is 1. The first-order valence-electron chi connectivity index (χ1n) is 17.1. The molecule has 2 aromatic heterocycles. The molecule has 4 aliphatic heterocycles. The molecule has 3 atom stereocenters. The summed E-state index contributed by atoms with van der Waals surface area (Å²) in [5.41, 5.74) is -0.278. The summed E-state index contributed by atoms with van der Waals surface area (Å²) in [4.78, 5) is 28.1. The van der Waals surface area contributed by atoms with Crippen LogP contribution in [0.2, 0.25) is 0 Å². The fourth-order valence-corrected chi connectivity index (χ4v) is 8.40. The molecule has 262 valence electrons. The van der Waals surface area contributed by atoms with Crippen molar-refractivity contribution in [3.63, 3.8) is 0 Å². The SMILES string of the molecule is C#Cc1c(F)ccc2cc(O)cc(-c3c(F)c4nc(OC[C@@]56CCCN5C[C@H](F)C6)nc(N5CCN(C(=O)C6CO6)CC5)c4c4cn(C)nc34)c12. The van der Waals surface area contributed by atoms with Crippen molar-refractivity contribution in [3.05, 3.63) is 47.7 Å². The zero-order chi connectivity index (χ0) is 35.2. The van der Waals surface area contributed by atoms with Crippen LogP contribution in [-0.2, 0) is 16.6 Å². The molecule has 11 nitrogen and oxygen atoms in total. The largest absolute Gasteiger partial charge is 0.508 e. The number of aromatic hydroxyl groups is 1. The number of alkyl halides is 1. The number of epoxide rings is 1. The van der Waals surface area contributed by atoms with Crippen molar-refractivity contribution < 1.29 is 32.5 Å². The van der Waals surface area contributed by atoms with E-state index in [1.807, 2.05) is 4.90 Å². The van der Waals surface area contributed by atoms with Crippen LogP contribution in [0.4, 0.5) is 19.0 Å². The second kappa shape index (κ2) is 11.7. The van der Waals surface area contributed by atoms with Crippen molar-refractivity contribution in [2.24, 2.45) is 7.05 Å². The summed E-state index contributed by atoms with van der Waals surface area (Å²) < 4.78 is 60.3. The first-order valence-corrected chi connectivity index (χ1v) is 17.1. The van der Waals surface area contributed by atoms with Crippen molar-refractivity contribution >= 4 is 44.3 Å². The minimum Gasteiger partial charge on any atom is -0.508 e. The Balaban J connectivity index is 1.24. The Bertz CT molecular complexity index is 2310. The number of fused-ring (bicyclic) bond motifs is 5. The maximum absolute atomic E-state index is 17.5. The van der Waals surface area contributed by atoms with Gasteiger partial charge in [0, 0.05) is 68.7 Å². The number of hydrogen-bond donors (Lipinski definition) is 1. The Morgan fingerprint density at radius 3 is 2.71 bits per heavy atom. The van der Waals surface area contributed by atoms with E-state index in [-0.39, 0.29) is 57.4 Å². The molecule has 6 heterocycles. The Morgan fingerprint density at radius 2 is 1.94 bits per heavy atom. The molecule has 0 bridgehead atoms. The molecule has 1 N–H and O–H groups in total. The normalized spacial score (nSPS) is 23.4. The van der Waals surface area contributed by atoms with Gasteiger partial charge in [-0.1, -0.05) is 12.0 Å². The van der Waals surface area contributed by atoms with Gasteiger partial charge < -0.3 is 24.4 Å². The molecule has 51 heavy (non-hydrogen) atoms. The van der Waals surface area contributed by atoms with Gasteiger partial charge in [-0.2, -0.15) is 15.1 Å². The number of hydrogen-bond acceptors (Lipinski definition) is 9. The minimum atomic E-state index is -0.962. The highest BCUT2D eigenvalue weighted by molar-refractivity contribution is 6.18. The number of amides is 1. The summed E-state index contributed by atoms with van der Waals surface area (Å²) in [6.45, 7) is 3.29. The number of aromatic nitrogens is 4. The molecule has 0 saturated carbocycles. The molecule has 0 radical (unpaired) electrons. The zero-order valence-electron chi connectivity index (χ0n) is 27.8. The predicted octanol–water partition coefficient (Wildman–Crippen LogP) is 4.30. The topological polar surface area (TPSA) is 112 Å². The number of piperazine rings is 1. The highest BCUT2D eigenvalue weighted by Gasteiger charge is 2.49. The van der Waals surface area contributed by atoms with E-state index in [1.54, 1.807) is 22.8 Å². The highest BCUT2D eigenvalue weighted by atomic mass is 19.1. The number of halogens is 3. The van der Waals surface area contributed by atoms with E-state index in [0.29, 0.717) is 67.7 Å².